The van der Waals surface area contributed by atoms with Crippen LogP contribution in [-0.4, -0.2) is 37.1 Å². The molecule has 0 bridgehead atoms. The molecule has 2 heteroatoms. The second-order valence-corrected chi connectivity index (χ2v) is 6.87. The molecule has 1 saturated heterocycles. The summed E-state index contributed by atoms with van der Waals surface area (Å²) in [6, 6.07) is 11.6. The van der Waals surface area contributed by atoms with Crippen LogP contribution in [0.1, 0.15) is 51.5 Å². The highest BCUT2D eigenvalue weighted by Gasteiger charge is 2.18. The predicted octanol–water partition coefficient (Wildman–Crippen LogP) is 3.89. The molecule has 21 heavy (non-hydrogen) atoms. The van der Waals surface area contributed by atoms with Crippen LogP contribution >= 0.6 is 0 Å². The first-order valence-electron chi connectivity index (χ1n) is 8.68. The maximum Gasteiger partial charge on any atom is 0.0192 e. The van der Waals surface area contributed by atoms with Crippen LogP contribution in [0.3, 0.4) is 0 Å². The van der Waals surface area contributed by atoms with E-state index in [4.69, 9.17) is 0 Å². The Kier molecular flexibility index (Phi) is 6.72. The summed E-state index contributed by atoms with van der Waals surface area (Å²) in [7, 11) is 0. The molecule has 0 aromatic heterocycles. The van der Waals surface area contributed by atoms with Gasteiger partial charge in [-0.3, -0.25) is 4.90 Å². The first kappa shape index (κ1) is 16.5. The Labute approximate surface area is 130 Å². The highest BCUT2D eigenvalue weighted by Crippen LogP contribution is 2.23. The molecule has 1 fully saturated rings. The molecule has 1 aliphatic rings. The van der Waals surface area contributed by atoms with Gasteiger partial charge in [-0.15, -0.1) is 0 Å². The molecule has 1 aromatic rings. The number of nitrogens with one attached hydrogen (secondary N) is 1. The lowest BCUT2D eigenvalue weighted by Crippen LogP contribution is -2.44. The van der Waals surface area contributed by atoms with Crippen LogP contribution in [0, 0.1) is 5.92 Å². The number of likely N-dealkylation sites (tertiary alicyclic amines) is 1. The molecular formula is C19H32N2. The maximum atomic E-state index is 3.72. The van der Waals surface area contributed by atoms with E-state index in [1.807, 2.05) is 0 Å². The van der Waals surface area contributed by atoms with Gasteiger partial charge in [-0.05, 0) is 50.3 Å². The number of piperidine rings is 1. The van der Waals surface area contributed by atoms with Crippen molar-refractivity contribution in [3.8, 4) is 0 Å². The van der Waals surface area contributed by atoms with Crippen LogP contribution in [0.15, 0.2) is 30.3 Å². The lowest BCUT2D eigenvalue weighted by molar-refractivity contribution is 0.170. The summed E-state index contributed by atoms with van der Waals surface area (Å²) >= 11 is 0. The second-order valence-electron chi connectivity index (χ2n) is 6.87. The van der Waals surface area contributed by atoms with Crippen molar-refractivity contribution in [3.63, 3.8) is 0 Å². The van der Waals surface area contributed by atoms with Crippen molar-refractivity contribution in [1.29, 1.82) is 0 Å². The molecule has 1 aliphatic heterocycles. The van der Waals surface area contributed by atoms with Gasteiger partial charge < -0.3 is 5.32 Å². The maximum absolute atomic E-state index is 3.72. The zero-order valence-electron chi connectivity index (χ0n) is 14.0. The number of hydrogen-bond acceptors (Lipinski definition) is 2. The first-order valence-corrected chi connectivity index (χ1v) is 8.68. The molecule has 1 aromatic carbocycles. The monoisotopic (exact) mass is 288 g/mol. The van der Waals surface area contributed by atoms with Gasteiger partial charge in [0.05, 0.1) is 0 Å². The van der Waals surface area contributed by atoms with Crippen LogP contribution in [0.5, 0.6) is 0 Å². The Hall–Kier alpha value is -0.860. The Morgan fingerprint density at radius 3 is 2.24 bits per heavy atom. The largest absolute Gasteiger partial charge is 0.315 e. The zero-order valence-corrected chi connectivity index (χ0v) is 14.0. The van der Waals surface area contributed by atoms with Crippen molar-refractivity contribution in [1.82, 2.24) is 10.2 Å². The van der Waals surface area contributed by atoms with E-state index in [1.165, 1.54) is 37.9 Å². The minimum atomic E-state index is 0.611. The Morgan fingerprint density at radius 2 is 1.62 bits per heavy atom. The molecule has 2 unspecified atom stereocenters. The van der Waals surface area contributed by atoms with Gasteiger partial charge in [0.25, 0.3) is 0 Å². The number of rotatable bonds is 7. The third kappa shape index (κ3) is 5.12. The molecule has 2 atom stereocenters. The SMILES string of the molecule is CC(C)C(CNCC(C)N1CCCCC1)c1ccccc1. The van der Waals surface area contributed by atoms with Crippen molar-refractivity contribution in [2.75, 3.05) is 26.2 Å². The fraction of sp³-hybridized carbons (Fsp3) is 0.684. The summed E-state index contributed by atoms with van der Waals surface area (Å²) in [5.41, 5.74) is 1.46. The van der Waals surface area contributed by atoms with E-state index in [2.05, 4.69) is 61.3 Å². The van der Waals surface area contributed by atoms with Crippen LogP contribution in [0.4, 0.5) is 0 Å². The molecule has 118 valence electrons. The number of benzene rings is 1. The highest BCUT2D eigenvalue weighted by atomic mass is 15.2. The molecule has 2 rings (SSSR count). The van der Waals surface area contributed by atoms with Gasteiger partial charge in [-0.25, -0.2) is 0 Å². The first-order chi connectivity index (χ1) is 10.2. The third-order valence-electron chi connectivity index (χ3n) is 4.85. The topological polar surface area (TPSA) is 15.3 Å². The van der Waals surface area contributed by atoms with E-state index in [9.17, 15) is 0 Å². The summed E-state index contributed by atoms with van der Waals surface area (Å²) in [4.78, 5) is 2.64. The van der Waals surface area contributed by atoms with Gasteiger partial charge in [0.1, 0.15) is 0 Å². The van der Waals surface area contributed by atoms with Crippen molar-refractivity contribution < 1.29 is 0 Å². The summed E-state index contributed by atoms with van der Waals surface area (Å²) in [5.74, 6) is 1.28. The zero-order chi connectivity index (χ0) is 15.1. The number of nitrogens with zero attached hydrogens (tertiary/aromatic N) is 1. The lowest BCUT2D eigenvalue weighted by atomic mass is 9.88. The Balaban J connectivity index is 1.79. The van der Waals surface area contributed by atoms with E-state index in [0.717, 1.165) is 13.1 Å². The molecule has 0 radical (unpaired) electrons. The van der Waals surface area contributed by atoms with Crippen LogP contribution < -0.4 is 5.32 Å². The van der Waals surface area contributed by atoms with Gasteiger partial charge in [0.15, 0.2) is 0 Å². The fourth-order valence-corrected chi connectivity index (χ4v) is 3.37. The lowest BCUT2D eigenvalue weighted by Gasteiger charge is -2.33. The molecule has 1 N–H and O–H groups in total. The molecule has 2 nitrogen and oxygen atoms in total. The average Bonchev–Trinajstić information content (AvgIpc) is 2.52. The summed E-state index contributed by atoms with van der Waals surface area (Å²) in [6.45, 7) is 11.8. The quantitative estimate of drug-likeness (QED) is 0.819. The summed E-state index contributed by atoms with van der Waals surface area (Å²) < 4.78 is 0. The standard InChI is InChI=1S/C19H32N2/c1-16(2)19(18-10-6-4-7-11-18)15-20-14-17(3)21-12-8-5-9-13-21/h4,6-7,10-11,16-17,19-20H,5,8-9,12-15H2,1-3H3. The predicted molar refractivity (Wildman–Crippen MR) is 91.8 cm³/mol. The van der Waals surface area contributed by atoms with Crippen LogP contribution in [0.25, 0.3) is 0 Å². The minimum Gasteiger partial charge on any atom is -0.315 e. The van der Waals surface area contributed by atoms with Gasteiger partial charge >= 0.3 is 0 Å². The molecule has 0 saturated carbocycles. The van der Waals surface area contributed by atoms with Crippen molar-refractivity contribution in [2.45, 2.75) is 52.0 Å². The van der Waals surface area contributed by atoms with Crippen molar-refractivity contribution >= 4 is 0 Å². The molecule has 0 spiro atoms. The van der Waals surface area contributed by atoms with E-state index >= 15 is 0 Å². The average molecular weight is 288 g/mol. The third-order valence-corrected chi connectivity index (χ3v) is 4.85. The summed E-state index contributed by atoms with van der Waals surface area (Å²) in [5, 5.41) is 3.72. The van der Waals surface area contributed by atoms with Gasteiger partial charge in [0.2, 0.25) is 0 Å². The number of hydrogen-bond donors (Lipinski definition) is 1. The smallest absolute Gasteiger partial charge is 0.0192 e. The summed E-state index contributed by atoms with van der Waals surface area (Å²) in [6.07, 6.45) is 4.17. The second kappa shape index (κ2) is 8.55. The van der Waals surface area contributed by atoms with Crippen LogP contribution in [-0.2, 0) is 0 Å². The van der Waals surface area contributed by atoms with E-state index in [-0.39, 0.29) is 0 Å². The van der Waals surface area contributed by atoms with E-state index in [0.29, 0.717) is 17.9 Å². The Bertz CT molecular complexity index is 382. The van der Waals surface area contributed by atoms with E-state index in [1.54, 1.807) is 0 Å². The van der Waals surface area contributed by atoms with Crippen LogP contribution in [0.2, 0.25) is 0 Å². The molecule has 1 heterocycles. The highest BCUT2D eigenvalue weighted by molar-refractivity contribution is 5.20. The van der Waals surface area contributed by atoms with E-state index < -0.39 is 0 Å². The molecule has 0 aliphatic carbocycles. The van der Waals surface area contributed by atoms with Crippen molar-refractivity contribution in [2.24, 2.45) is 5.92 Å². The normalized spacial score (nSPS) is 19.6. The fourth-order valence-electron chi connectivity index (χ4n) is 3.37. The van der Waals surface area contributed by atoms with Gasteiger partial charge in [0, 0.05) is 19.1 Å². The van der Waals surface area contributed by atoms with Gasteiger partial charge in [-0.2, -0.15) is 0 Å². The Morgan fingerprint density at radius 1 is 0.952 bits per heavy atom. The minimum absolute atomic E-state index is 0.611. The van der Waals surface area contributed by atoms with Crippen molar-refractivity contribution in [3.05, 3.63) is 35.9 Å². The van der Waals surface area contributed by atoms with Gasteiger partial charge in [-0.1, -0.05) is 50.6 Å². The molecule has 0 amide bonds. The molecular weight excluding hydrogens is 256 g/mol.